The normalized spacial score (nSPS) is 44.3. The molecule has 7 fully saturated rings. The number of phenols is 1. The van der Waals surface area contributed by atoms with Crippen molar-refractivity contribution in [1.29, 1.82) is 0 Å². The van der Waals surface area contributed by atoms with Gasteiger partial charge in [0, 0.05) is 38.1 Å². The summed E-state index contributed by atoms with van der Waals surface area (Å²) >= 11 is 0. The highest BCUT2D eigenvalue weighted by molar-refractivity contribution is 6.60. The van der Waals surface area contributed by atoms with Gasteiger partial charge >= 0.3 is 8.80 Å². The number of benzene rings is 1. The van der Waals surface area contributed by atoms with E-state index in [1.165, 1.54) is 19.3 Å². The van der Waals surface area contributed by atoms with E-state index in [1.54, 1.807) is 13.3 Å². The van der Waals surface area contributed by atoms with Gasteiger partial charge in [-0.1, -0.05) is 32.9 Å². The molecule has 0 aromatic heterocycles. The van der Waals surface area contributed by atoms with E-state index in [2.05, 4.69) is 32.7 Å². The van der Waals surface area contributed by atoms with Crippen LogP contribution in [-0.4, -0.2) is 46.0 Å². The summed E-state index contributed by atoms with van der Waals surface area (Å²) in [6.45, 7) is 10.2. The largest absolute Gasteiger partial charge is 0.507 e. The van der Waals surface area contributed by atoms with E-state index in [0.29, 0.717) is 24.1 Å². The summed E-state index contributed by atoms with van der Waals surface area (Å²) in [5.74, 6) is 6.02. The fraction of sp³-hybridized carbons (Fsp3) is 0.750. The summed E-state index contributed by atoms with van der Waals surface area (Å²) < 4.78 is 19.8. The fourth-order valence-corrected chi connectivity index (χ4v) is 11.7. The minimum atomic E-state index is -2.75. The minimum Gasteiger partial charge on any atom is -0.507 e. The molecule has 7 atom stereocenters. The SMILES string of the molecule is CO[Si]1(CCCN=Cc2cccc(C(C)(C)C)c2O)OCC2CC3C4C5CCC4C5C(C)(O1)C23. The molecule has 6 aliphatic carbocycles. The van der Waals surface area contributed by atoms with Gasteiger partial charge < -0.3 is 18.4 Å². The van der Waals surface area contributed by atoms with Crippen molar-refractivity contribution in [2.24, 2.45) is 46.4 Å². The molecule has 6 saturated carbocycles. The first-order valence-electron chi connectivity index (χ1n) is 13.4. The summed E-state index contributed by atoms with van der Waals surface area (Å²) in [5.41, 5.74) is 1.56. The van der Waals surface area contributed by atoms with Gasteiger partial charge in [0.25, 0.3) is 0 Å². The van der Waals surface area contributed by atoms with E-state index in [9.17, 15) is 5.11 Å². The fourth-order valence-electron chi connectivity index (χ4n) is 8.94. The van der Waals surface area contributed by atoms with Crippen LogP contribution in [0.25, 0.3) is 0 Å². The number of hydrogen-bond donors (Lipinski definition) is 1. The van der Waals surface area contributed by atoms with Gasteiger partial charge in [0.1, 0.15) is 5.75 Å². The van der Waals surface area contributed by atoms with Crippen LogP contribution in [0.3, 0.4) is 0 Å². The minimum absolute atomic E-state index is 0.0602. The van der Waals surface area contributed by atoms with Gasteiger partial charge in [0.2, 0.25) is 0 Å². The van der Waals surface area contributed by atoms with Crippen molar-refractivity contribution in [3.05, 3.63) is 29.3 Å². The van der Waals surface area contributed by atoms with Gasteiger partial charge in [-0.2, -0.15) is 0 Å². The molecule has 5 nitrogen and oxygen atoms in total. The Morgan fingerprint density at radius 3 is 2.68 bits per heavy atom. The lowest BCUT2D eigenvalue weighted by Gasteiger charge is -2.71. The number of para-hydroxylation sites is 1. The maximum absolute atomic E-state index is 10.7. The molecule has 186 valence electrons. The quantitative estimate of drug-likeness (QED) is 0.333. The third-order valence-corrected chi connectivity index (χ3v) is 13.1. The van der Waals surface area contributed by atoms with Crippen LogP contribution in [0.5, 0.6) is 5.75 Å². The third-order valence-electron chi connectivity index (χ3n) is 10.2. The van der Waals surface area contributed by atoms with Gasteiger partial charge in [0.05, 0.1) is 5.60 Å². The van der Waals surface area contributed by atoms with E-state index in [4.69, 9.17) is 13.3 Å². The Morgan fingerprint density at radius 1 is 1.21 bits per heavy atom. The van der Waals surface area contributed by atoms with Crippen molar-refractivity contribution in [3.63, 3.8) is 0 Å². The molecule has 1 aromatic rings. The van der Waals surface area contributed by atoms with Crippen molar-refractivity contribution >= 4 is 15.0 Å². The summed E-state index contributed by atoms with van der Waals surface area (Å²) in [6, 6.07) is 6.71. The molecule has 1 saturated heterocycles. The van der Waals surface area contributed by atoms with Crippen molar-refractivity contribution in [1.82, 2.24) is 0 Å². The summed E-state index contributed by atoms with van der Waals surface area (Å²) in [4.78, 5) is 4.65. The zero-order valence-corrected chi connectivity index (χ0v) is 22.4. The second-order valence-corrected chi connectivity index (χ2v) is 15.6. The van der Waals surface area contributed by atoms with Crippen LogP contribution in [0.15, 0.2) is 23.2 Å². The van der Waals surface area contributed by atoms with Crippen LogP contribution >= 0.6 is 0 Å². The Bertz CT molecular complexity index is 979. The van der Waals surface area contributed by atoms with Crippen LogP contribution in [0.4, 0.5) is 0 Å². The topological polar surface area (TPSA) is 60.3 Å². The molecule has 7 unspecified atom stereocenters. The molecule has 6 heteroatoms. The standard InChI is InChI=1S/C28H41NO4Si/c1-27(2,3)22-9-6-8-17(26(22)30)15-29-12-7-13-34(31-5)32-16-18-14-21-23-19-10-11-20(23)25(19)28(4,33-34)24(18)21/h6,8-9,15,18-21,23-25,30H,7,10-14,16H2,1-5H3. The van der Waals surface area contributed by atoms with Gasteiger partial charge in [-0.3, -0.25) is 4.99 Å². The van der Waals surface area contributed by atoms with Crippen LogP contribution in [0.2, 0.25) is 6.04 Å². The molecule has 0 spiro atoms. The molecule has 1 aliphatic heterocycles. The highest BCUT2D eigenvalue weighted by Crippen LogP contribution is 2.77. The number of fused-ring (bicyclic) bond motifs is 1. The third kappa shape index (κ3) is 3.24. The van der Waals surface area contributed by atoms with E-state index in [0.717, 1.165) is 59.8 Å². The molecule has 4 bridgehead atoms. The molecule has 8 rings (SSSR count). The molecule has 1 heterocycles. The Morgan fingerprint density at radius 2 is 1.97 bits per heavy atom. The molecular formula is C28H41NO4Si. The molecule has 0 radical (unpaired) electrons. The first-order valence-corrected chi connectivity index (χ1v) is 15.3. The first kappa shape index (κ1) is 23.2. The van der Waals surface area contributed by atoms with Crippen LogP contribution in [-0.2, 0) is 18.7 Å². The van der Waals surface area contributed by atoms with Crippen LogP contribution < -0.4 is 0 Å². The van der Waals surface area contributed by atoms with Crippen molar-refractivity contribution < 1.29 is 18.4 Å². The van der Waals surface area contributed by atoms with Crippen LogP contribution in [0, 0.1) is 41.4 Å². The summed E-state index contributed by atoms with van der Waals surface area (Å²) in [7, 11) is -0.956. The van der Waals surface area contributed by atoms with Crippen molar-refractivity contribution in [3.8, 4) is 5.75 Å². The second kappa shape index (κ2) is 7.89. The molecule has 1 N–H and O–H groups in total. The molecule has 34 heavy (non-hydrogen) atoms. The number of aromatic hydroxyl groups is 1. The van der Waals surface area contributed by atoms with E-state index in [1.807, 2.05) is 18.2 Å². The molecule has 1 aromatic carbocycles. The average molecular weight is 484 g/mol. The van der Waals surface area contributed by atoms with Crippen molar-refractivity contribution in [2.45, 2.75) is 70.4 Å². The number of aliphatic imine (C=N–C) groups is 1. The van der Waals surface area contributed by atoms with E-state index in [-0.39, 0.29) is 11.0 Å². The van der Waals surface area contributed by atoms with E-state index >= 15 is 0 Å². The van der Waals surface area contributed by atoms with Gasteiger partial charge in [-0.25, -0.2) is 0 Å². The monoisotopic (exact) mass is 483 g/mol. The molecular weight excluding hydrogens is 442 g/mol. The highest BCUT2D eigenvalue weighted by Gasteiger charge is 2.77. The lowest BCUT2D eigenvalue weighted by molar-refractivity contribution is -0.272. The highest BCUT2D eigenvalue weighted by atomic mass is 28.4. The number of hydrogen-bond acceptors (Lipinski definition) is 5. The maximum atomic E-state index is 10.7. The van der Waals surface area contributed by atoms with E-state index < -0.39 is 8.80 Å². The Kier molecular flexibility index (Phi) is 5.39. The number of rotatable bonds is 6. The average Bonchev–Trinajstić information content (AvgIpc) is 3.35. The molecule has 7 aliphatic rings. The van der Waals surface area contributed by atoms with Crippen molar-refractivity contribution in [2.75, 3.05) is 20.3 Å². The van der Waals surface area contributed by atoms with Crippen LogP contribution in [0.1, 0.15) is 64.5 Å². The predicted molar refractivity (Wildman–Crippen MR) is 135 cm³/mol. The Balaban J connectivity index is 1.13. The lowest BCUT2D eigenvalue weighted by Crippen LogP contribution is -2.73. The molecule has 0 amide bonds. The smallest absolute Gasteiger partial charge is 0.501 e. The first-order chi connectivity index (χ1) is 16.2. The van der Waals surface area contributed by atoms with Gasteiger partial charge in [-0.05, 0) is 91.1 Å². The summed E-state index contributed by atoms with van der Waals surface area (Å²) in [5, 5.41) is 10.7. The zero-order valence-electron chi connectivity index (χ0n) is 21.4. The maximum Gasteiger partial charge on any atom is 0.501 e. The predicted octanol–water partition coefficient (Wildman–Crippen LogP) is 5.43. The van der Waals surface area contributed by atoms with Gasteiger partial charge in [-0.15, -0.1) is 0 Å². The van der Waals surface area contributed by atoms with Gasteiger partial charge in [0.15, 0.2) is 0 Å². The zero-order chi connectivity index (χ0) is 23.9. The summed E-state index contributed by atoms with van der Waals surface area (Å²) in [6.07, 6.45) is 6.83. The number of nitrogens with zero attached hydrogens (tertiary/aromatic N) is 1. The Hall–Kier alpha value is -1.21. The Labute approximate surface area is 205 Å². The second-order valence-electron chi connectivity index (χ2n) is 12.8. The lowest BCUT2D eigenvalue weighted by atomic mass is 9.36. The number of phenolic OH excluding ortho intramolecular Hbond substituents is 1.